The van der Waals surface area contributed by atoms with Crippen LogP contribution in [-0.2, 0) is 4.79 Å². The summed E-state index contributed by atoms with van der Waals surface area (Å²) < 4.78 is 5.49. The van der Waals surface area contributed by atoms with Crippen LogP contribution < -0.4 is 4.74 Å². The minimum atomic E-state index is -0.575. The van der Waals surface area contributed by atoms with Gasteiger partial charge in [0.15, 0.2) is 6.61 Å². The van der Waals surface area contributed by atoms with E-state index in [9.17, 15) is 9.90 Å². The molecule has 0 heterocycles. The Balaban J connectivity index is 1.95. The van der Waals surface area contributed by atoms with Crippen molar-refractivity contribution in [1.29, 1.82) is 0 Å². The molecule has 0 spiro atoms. The summed E-state index contributed by atoms with van der Waals surface area (Å²) >= 11 is 6.08. The summed E-state index contributed by atoms with van der Waals surface area (Å²) in [5.41, 5.74) is 0.724. The quantitative estimate of drug-likeness (QED) is 0.878. The van der Waals surface area contributed by atoms with E-state index in [0.29, 0.717) is 23.4 Å². The van der Waals surface area contributed by atoms with Crippen LogP contribution >= 0.6 is 11.6 Å². The number of likely N-dealkylation sites (N-methyl/N-ethyl adjacent to an activating group) is 1. The minimum Gasteiger partial charge on any atom is -0.482 e. The normalized spacial score (nSPS) is 15.8. The maximum atomic E-state index is 12.0. The van der Waals surface area contributed by atoms with Crippen LogP contribution in [0.2, 0.25) is 5.02 Å². The molecule has 1 aromatic rings. The van der Waals surface area contributed by atoms with Crippen LogP contribution in [0.4, 0.5) is 0 Å². The zero-order valence-corrected chi connectivity index (χ0v) is 12.6. The van der Waals surface area contributed by atoms with Crippen molar-refractivity contribution < 1.29 is 14.6 Å². The van der Waals surface area contributed by atoms with Crippen molar-refractivity contribution >= 4 is 17.5 Å². The number of nitrogens with zero attached hydrogens (tertiary/aromatic N) is 1. The van der Waals surface area contributed by atoms with Crippen LogP contribution in [0.5, 0.6) is 5.75 Å². The maximum absolute atomic E-state index is 12.0. The Kier molecular flexibility index (Phi) is 4.89. The number of aliphatic hydroxyl groups is 1. The zero-order valence-electron chi connectivity index (χ0n) is 11.8. The average Bonchev–Trinajstić information content (AvgIpc) is 3.22. The highest BCUT2D eigenvalue weighted by atomic mass is 35.5. The molecule has 1 aliphatic carbocycles. The molecule has 1 N–H and O–H groups in total. The van der Waals surface area contributed by atoms with Gasteiger partial charge in [-0.15, -0.1) is 0 Å². The number of aliphatic hydroxyl groups excluding tert-OH is 1. The zero-order chi connectivity index (χ0) is 14.7. The summed E-state index contributed by atoms with van der Waals surface area (Å²) in [6.07, 6.45) is 1.60. The Labute approximate surface area is 124 Å². The molecule has 1 amide bonds. The van der Waals surface area contributed by atoms with Gasteiger partial charge in [-0.25, -0.2) is 0 Å². The smallest absolute Gasteiger partial charge is 0.260 e. The van der Waals surface area contributed by atoms with Crippen LogP contribution in [0.15, 0.2) is 18.2 Å². The number of rotatable bonds is 6. The van der Waals surface area contributed by atoms with Gasteiger partial charge in [-0.1, -0.05) is 17.7 Å². The van der Waals surface area contributed by atoms with Crippen molar-refractivity contribution in [2.75, 3.05) is 13.2 Å². The summed E-state index contributed by atoms with van der Waals surface area (Å²) in [4.78, 5) is 13.9. The number of hydrogen-bond acceptors (Lipinski definition) is 3. The average molecular weight is 298 g/mol. The molecule has 20 heavy (non-hydrogen) atoms. The number of halogens is 1. The van der Waals surface area contributed by atoms with E-state index in [1.54, 1.807) is 25.1 Å². The summed E-state index contributed by atoms with van der Waals surface area (Å²) in [5.74, 6) is 0.460. The summed E-state index contributed by atoms with van der Waals surface area (Å²) in [7, 11) is 0. The molecule has 2 rings (SSSR count). The number of ether oxygens (including phenoxy) is 1. The SMILES string of the molecule is CCN(C(=O)COc1ccc([C@H](C)O)cc1Cl)C1CC1. The van der Waals surface area contributed by atoms with E-state index in [1.807, 2.05) is 11.8 Å². The molecule has 1 aromatic carbocycles. The third kappa shape index (κ3) is 3.64. The van der Waals surface area contributed by atoms with E-state index in [2.05, 4.69) is 0 Å². The summed E-state index contributed by atoms with van der Waals surface area (Å²) in [5, 5.41) is 9.88. The first kappa shape index (κ1) is 15.1. The van der Waals surface area contributed by atoms with E-state index >= 15 is 0 Å². The number of carbonyl (C=O) groups is 1. The first-order valence-electron chi connectivity index (χ1n) is 6.92. The van der Waals surface area contributed by atoms with Gasteiger partial charge in [0.2, 0.25) is 0 Å². The van der Waals surface area contributed by atoms with Gasteiger partial charge in [0.05, 0.1) is 11.1 Å². The molecule has 0 aliphatic heterocycles. The van der Waals surface area contributed by atoms with Gasteiger partial charge in [-0.3, -0.25) is 4.79 Å². The van der Waals surface area contributed by atoms with Crippen LogP contribution in [-0.4, -0.2) is 35.1 Å². The van der Waals surface area contributed by atoms with E-state index in [1.165, 1.54) is 0 Å². The fourth-order valence-electron chi connectivity index (χ4n) is 2.14. The highest BCUT2D eigenvalue weighted by Crippen LogP contribution is 2.29. The van der Waals surface area contributed by atoms with E-state index in [4.69, 9.17) is 16.3 Å². The van der Waals surface area contributed by atoms with Crippen molar-refractivity contribution in [1.82, 2.24) is 4.90 Å². The molecule has 0 saturated heterocycles. The van der Waals surface area contributed by atoms with Gasteiger partial charge in [0.25, 0.3) is 5.91 Å². The Morgan fingerprint density at radius 1 is 1.55 bits per heavy atom. The fourth-order valence-corrected chi connectivity index (χ4v) is 2.38. The second-order valence-corrected chi connectivity index (χ2v) is 5.47. The van der Waals surface area contributed by atoms with Gasteiger partial charge >= 0.3 is 0 Å². The monoisotopic (exact) mass is 297 g/mol. The van der Waals surface area contributed by atoms with Crippen molar-refractivity contribution in [3.8, 4) is 5.75 Å². The van der Waals surface area contributed by atoms with Gasteiger partial charge in [-0.2, -0.15) is 0 Å². The summed E-state index contributed by atoms with van der Waals surface area (Å²) in [6.45, 7) is 4.35. The summed E-state index contributed by atoms with van der Waals surface area (Å²) in [6, 6.07) is 5.48. The Hall–Kier alpha value is -1.26. The molecular weight excluding hydrogens is 278 g/mol. The molecule has 1 fully saturated rings. The number of carbonyl (C=O) groups excluding carboxylic acids is 1. The molecule has 1 saturated carbocycles. The molecule has 0 radical (unpaired) electrons. The molecule has 0 aromatic heterocycles. The van der Waals surface area contributed by atoms with Crippen LogP contribution in [0, 0.1) is 0 Å². The first-order valence-corrected chi connectivity index (χ1v) is 7.30. The third-order valence-corrected chi connectivity index (χ3v) is 3.73. The number of benzene rings is 1. The van der Waals surface area contributed by atoms with Crippen LogP contribution in [0.3, 0.4) is 0 Å². The third-order valence-electron chi connectivity index (χ3n) is 3.44. The second-order valence-electron chi connectivity index (χ2n) is 5.07. The van der Waals surface area contributed by atoms with E-state index < -0.39 is 6.10 Å². The predicted octanol–water partition coefficient (Wildman–Crippen LogP) is 2.78. The van der Waals surface area contributed by atoms with Gasteiger partial charge in [0, 0.05) is 12.6 Å². The lowest BCUT2D eigenvalue weighted by Crippen LogP contribution is -2.36. The van der Waals surface area contributed by atoms with Gasteiger partial charge in [-0.05, 0) is 44.4 Å². The minimum absolute atomic E-state index is 0.00190. The first-order chi connectivity index (χ1) is 9.52. The highest BCUT2D eigenvalue weighted by molar-refractivity contribution is 6.32. The number of hydrogen-bond donors (Lipinski definition) is 1. The van der Waals surface area contributed by atoms with Crippen molar-refractivity contribution in [3.05, 3.63) is 28.8 Å². The highest BCUT2D eigenvalue weighted by Gasteiger charge is 2.31. The fraction of sp³-hybridized carbons (Fsp3) is 0.533. The predicted molar refractivity (Wildman–Crippen MR) is 78.0 cm³/mol. The molecule has 0 bridgehead atoms. The topological polar surface area (TPSA) is 49.8 Å². The Morgan fingerprint density at radius 3 is 2.75 bits per heavy atom. The Morgan fingerprint density at radius 2 is 2.25 bits per heavy atom. The van der Waals surface area contributed by atoms with Crippen LogP contribution in [0.1, 0.15) is 38.4 Å². The van der Waals surface area contributed by atoms with Crippen molar-refractivity contribution in [3.63, 3.8) is 0 Å². The molecule has 0 unspecified atom stereocenters. The lowest BCUT2D eigenvalue weighted by molar-refractivity contribution is -0.133. The van der Waals surface area contributed by atoms with E-state index in [0.717, 1.165) is 18.4 Å². The molecule has 5 heteroatoms. The Bertz CT molecular complexity index is 486. The second kappa shape index (κ2) is 6.46. The van der Waals surface area contributed by atoms with E-state index in [-0.39, 0.29) is 12.5 Å². The molecule has 4 nitrogen and oxygen atoms in total. The van der Waals surface area contributed by atoms with Crippen molar-refractivity contribution in [2.45, 2.75) is 38.8 Å². The molecular formula is C15H20ClNO3. The molecule has 110 valence electrons. The van der Waals surface area contributed by atoms with Gasteiger partial charge in [0.1, 0.15) is 5.75 Å². The number of amides is 1. The maximum Gasteiger partial charge on any atom is 0.260 e. The van der Waals surface area contributed by atoms with Gasteiger partial charge < -0.3 is 14.7 Å². The molecule has 1 aliphatic rings. The largest absolute Gasteiger partial charge is 0.482 e. The van der Waals surface area contributed by atoms with Crippen LogP contribution in [0.25, 0.3) is 0 Å². The lowest BCUT2D eigenvalue weighted by Gasteiger charge is -2.20. The molecule has 1 atom stereocenters. The standard InChI is InChI=1S/C15H20ClNO3/c1-3-17(12-5-6-12)15(19)9-20-14-7-4-11(10(2)18)8-13(14)16/h4,7-8,10,12,18H,3,5-6,9H2,1-2H3/t10-/m0/s1. The lowest BCUT2D eigenvalue weighted by atomic mass is 10.1. The van der Waals surface area contributed by atoms with Crippen molar-refractivity contribution in [2.24, 2.45) is 0 Å².